The van der Waals surface area contributed by atoms with Crippen LogP contribution in [0.4, 0.5) is 9.80 Å². The number of ether oxygens (including phenoxy) is 1. The number of aromatic nitrogens is 3. The van der Waals surface area contributed by atoms with E-state index in [1.165, 1.54) is 0 Å². The third-order valence-electron chi connectivity index (χ3n) is 7.65. The number of nitrogens with zero attached hydrogens (tertiary/aromatic N) is 4. The van der Waals surface area contributed by atoms with E-state index in [0.717, 1.165) is 16.8 Å². The molecule has 7 nitrogen and oxygen atoms in total. The summed E-state index contributed by atoms with van der Waals surface area (Å²) in [5.41, 5.74) is 1.84. The fourth-order valence-electron chi connectivity index (χ4n) is 6.13. The van der Waals surface area contributed by atoms with Crippen LogP contribution in [-0.4, -0.2) is 47.1 Å². The summed E-state index contributed by atoms with van der Waals surface area (Å²) >= 11 is 0. The maximum absolute atomic E-state index is 15.9. The molecule has 1 spiro atoms. The Balaban J connectivity index is 1.48. The Labute approximate surface area is 212 Å². The second-order valence-electron chi connectivity index (χ2n) is 10.4. The van der Waals surface area contributed by atoms with Crippen LogP contribution in [0.2, 0.25) is 18.6 Å². The number of fused-ring (bicyclic) bond motifs is 2. The number of carbonyl (C=O) groups excluding carboxylic acids is 1. The maximum Gasteiger partial charge on any atom is 0.264 e. The van der Waals surface area contributed by atoms with Gasteiger partial charge < -0.3 is 18.9 Å². The zero-order chi connectivity index (χ0) is 25.5. The lowest BCUT2D eigenvalue weighted by Crippen LogP contribution is -2.45. The van der Waals surface area contributed by atoms with Crippen molar-refractivity contribution in [2.45, 2.75) is 63.2 Å². The van der Waals surface area contributed by atoms with Gasteiger partial charge in [-0.1, -0.05) is 60.7 Å². The van der Waals surface area contributed by atoms with E-state index in [1.807, 2.05) is 61.5 Å². The quantitative estimate of drug-likeness (QED) is 0.364. The number of amides is 1. The minimum absolute atomic E-state index is 0.00911. The summed E-state index contributed by atoms with van der Waals surface area (Å²) in [4.78, 5) is 16.0. The van der Waals surface area contributed by atoms with Crippen LogP contribution < -0.4 is 4.90 Å². The number of aliphatic hydroxyl groups is 1. The van der Waals surface area contributed by atoms with Crippen LogP contribution in [-0.2, 0) is 34.6 Å². The lowest BCUT2D eigenvalue weighted by Gasteiger charge is -2.31. The second kappa shape index (κ2) is 9.53. The Morgan fingerprint density at radius 2 is 1.86 bits per heavy atom. The van der Waals surface area contributed by atoms with Crippen molar-refractivity contribution in [2.75, 3.05) is 11.5 Å². The molecule has 9 heteroatoms. The summed E-state index contributed by atoms with van der Waals surface area (Å²) in [6.45, 7) is 6.35. The highest BCUT2D eigenvalue weighted by Gasteiger charge is 2.66. The molecule has 0 saturated carbocycles. The van der Waals surface area contributed by atoms with Crippen molar-refractivity contribution >= 4 is 20.0 Å². The molecule has 4 atom stereocenters. The van der Waals surface area contributed by atoms with Gasteiger partial charge in [-0.15, -0.1) is 5.10 Å². The van der Waals surface area contributed by atoms with Crippen LogP contribution in [0.1, 0.15) is 30.2 Å². The van der Waals surface area contributed by atoms with Crippen molar-refractivity contribution < 1.29 is 18.7 Å². The highest BCUT2D eigenvalue weighted by atomic mass is 28.4. The molecule has 0 unspecified atom stereocenters. The second-order valence-corrected chi connectivity index (χ2v) is 14.2. The molecule has 1 amide bonds. The lowest BCUT2D eigenvalue weighted by atomic mass is 9.82. The molecule has 3 heterocycles. The molecule has 1 fully saturated rings. The normalized spacial score (nSPS) is 25.6. The minimum Gasteiger partial charge on any atom is -0.396 e. The molecule has 2 aliphatic heterocycles. The fraction of sp³-hybridized carbons (Fsp3) is 0.444. The molecule has 1 saturated heterocycles. The monoisotopic (exact) mass is 508 g/mol. The number of rotatable bonds is 8. The van der Waals surface area contributed by atoms with Gasteiger partial charge in [0, 0.05) is 42.8 Å². The Kier molecular flexibility index (Phi) is 6.57. The molecule has 1 N–H and O–H groups in total. The number of para-hydroxylation sites is 1. The number of carbonyl (C=O) groups is 1. The number of aryl methyl sites for hydroxylation is 1. The number of aliphatic hydroxyl groups excluding tert-OH is 1. The van der Waals surface area contributed by atoms with Gasteiger partial charge in [0.25, 0.3) is 5.91 Å². The molecule has 0 bridgehead atoms. The van der Waals surface area contributed by atoms with Crippen molar-refractivity contribution in [1.82, 2.24) is 15.0 Å². The molecule has 190 valence electrons. The lowest BCUT2D eigenvalue weighted by molar-refractivity contribution is -0.146. The van der Waals surface area contributed by atoms with E-state index in [-0.39, 0.29) is 24.0 Å². The first-order chi connectivity index (χ1) is 17.3. The van der Waals surface area contributed by atoms with Gasteiger partial charge >= 0.3 is 0 Å². The third kappa shape index (κ3) is 4.19. The largest absolute Gasteiger partial charge is 0.396 e. The first kappa shape index (κ1) is 24.8. The van der Waals surface area contributed by atoms with E-state index >= 15 is 4.11 Å². The molecule has 2 aromatic carbocycles. The summed E-state index contributed by atoms with van der Waals surface area (Å²) in [7, 11) is -3.21. The van der Waals surface area contributed by atoms with Crippen LogP contribution >= 0.6 is 0 Å². The van der Waals surface area contributed by atoms with Gasteiger partial charge in [-0.05, 0) is 31.1 Å². The first-order valence-electron chi connectivity index (χ1n) is 12.6. The van der Waals surface area contributed by atoms with Gasteiger partial charge in [0.1, 0.15) is 0 Å². The van der Waals surface area contributed by atoms with Gasteiger partial charge in [-0.2, -0.15) is 0 Å². The van der Waals surface area contributed by atoms with Gasteiger partial charge in [0.15, 0.2) is 5.60 Å². The van der Waals surface area contributed by atoms with E-state index in [2.05, 4.69) is 10.3 Å². The summed E-state index contributed by atoms with van der Waals surface area (Å²) < 4.78 is 24.3. The van der Waals surface area contributed by atoms with Gasteiger partial charge in [-0.25, -0.2) is 0 Å². The van der Waals surface area contributed by atoms with Crippen molar-refractivity contribution in [3.05, 3.63) is 77.6 Å². The SMILES string of the molecule is C[C@@H]1[C@@H]([Si](C)(C)F)[C@H](CCn2cc(CCO)nn2)O[C@@]12C(=O)N(Cc1ccccc1)c1ccccc12. The highest BCUT2D eigenvalue weighted by Crippen LogP contribution is 2.60. The van der Waals surface area contributed by atoms with Crippen LogP contribution in [0.25, 0.3) is 0 Å². The number of anilines is 1. The van der Waals surface area contributed by atoms with E-state index < -0.39 is 20.1 Å². The zero-order valence-corrected chi connectivity index (χ0v) is 22.0. The van der Waals surface area contributed by atoms with E-state index in [1.54, 1.807) is 28.9 Å². The molecule has 0 aliphatic carbocycles. The van der Waals surface area contributed by atoms with E-state index in [9.17, 15) is 4.79 Å². The van der Waals surface area contributed by atoms with Crippen LogP contribution in [0.15, 0.2) is 60.8 Å². The molecule has 2 aliphatic rings. The molecule has 5 rings (SSSR count). The predicted molar refractivity (Wildman–Crippen MR) is 138 cm³/mol. The smallest absolute Gasteiger partial charge is 0.264 e. The number of hydrogen-bond donors (Lipinski definition) is 1. The highest BCUT2D eigenvalue weighted by molar-refractivity contribution is 6.72. The number of halogens is 1. The van der Waals surface area contributed by atoms with Gasteiger partial charge in [-0.3, -0.25) is 9.48 Å². The molecule has 3 aromatic rings. The van der Waals surface area contributed by atoms with Crippen molar-refractivity contribution in [2.24, 2.45) is 5.92 Å². The average Bonchev–Trinajstić information content (AvgIpc) is 3.49. The van der Waals surface area contributed by atoms with Crippen molar-refractivity contribution in [3.63, 3.8) is 0 Å². The molecule has 0 radical (unpaired) electrons. The standard InChI is InChI=1S/C27H33FN4O3Si/c1-19-25(36(2,3)28)24(13-15-31-18-21(14-16-33)29-30-31)35-27(19)22-11-7-8-12-23(22)32(26(27)34)17-20-9-5-4-6-10-20/h4-12,18-19,24-25,33H,13-17H2,1-3H3/t19-,24+,25-,27+/m1/s1. The van der Waals surface area contributed by atoms with Crippen LogP contribution in [0.5, 0.6) is 0 Å². The first-order valence-corrected chi connectivity index (χ1v) is 15.5. The molecule has 1 aromatic heterocycles. The Morgan fingerprint density at radius 3 is 2.58 bits per heavy atom. The van der Waals surface area contributed by atoms with E-state index in [4.69, 9.17) is 9.84 Å². The van der Waals surface area contributed by atoms with E-state index in [0.29, 0.717) is 31.6 Å². The average molecular weight is 509 g/mol. The zero-order valence-electron chi connectivity index (χ0n) is 21.0. The Morgan fingerprint density at radius 1 is 1.14 bits per heavy atom. The summed E-state index contributed by atoms with van der Waals surface area (Å²) in [6.07, 6.45) is 2.34. The predicted octanol–water partition coefficient (Wildman–Crippen LogP) is 4.23. The summed E-state index contributed by atoms with van der Waals surface area (Å²) in [5, 5.41) is 17.4. The topological polar surface area (TPSA) is 80.5 Å². The fourth-order valence-corrected chi connectivity index (χ4v) is 8.67. The summed E-state index contributed by atoms with van der Waals surface area (Å²) in [5.74, 6) is -0.430. The van der Waals surface area contributed by atoms with Crippen molar-refractivity contribution in [1.29, 1.82) is 0 Å². The Hall–Kier alpha value is -2.88. The van der Waals surface area contributed by atoms with Crippen LogP contribution in [0, 0.1) is 5.92 Å². The molecule has 36 heavy (non-hydrogen) atoms. The van der Waals surface area contributed by atoms with Crippen LogP contribution in [0.3, 0.4) is 0 Å². The number of benzene rings is 2. The molecular formula is C27H33FN4O3Si. The molecular weight excluding hydrogens is 475 g/mol. The summed E-state index contributed by atoms with van der Waals surface area (Å²) in [6, 6.07) is 17.7. The van der Waals surface area contributed by atoms with Gasteiger partial charge in [0.2, 0.25) is 8.41 Å². The van der Waals surface area contributed by atoms with Crippen molar-refractivity contribution in [3.8, 4) is 0 Å². The number of hydrogen-bond acceptors (Lipinski definition) is 5. The van der Waals surface area contributed by atoms with Gasteiger partial charge in [0.05, 0.1) is 24.0 Å². The Bertz CT molecular complexity index is 1230. The minimum atomic E-state index is -3.21. The third-order valence-corrected chi connectivity index (χ3v) is 10.1. The maximum atomic E-state index is 15.9.